The summed E-state index contributed by atoms with van der Waals surface area (Å²) < 4.78 is 13.5. The van der Waals surface area contributed by atoms with E-state index < -0.39 is 0 Å². The van der Waals surface area contributed by atoms with Gasteiger partial charge in [0.15, 0.2) is 11.6 Å². The molecule has 0 saturated carbocycles. The fraction of sp³-hybridized carbons (Fsp3) is 0. The van der Waals surface area contributed by atoms with Crippen molar-refractivity contribution < 1.29 is 14.0 Å². The van der Waals surface area contributed by atoms with E-state index in [2.05, 4.69) is 0 Å². The lowest BCUT2D eigenvalue weighted by molar-refractivity contribution is 0.0979. The standard InChI is InChI=1S/C22H11FO2/c23-16-6-5-14-10-19-20(11-15(14)7-16)22(25)18-9-13-4-2-1-3-12(13)8-17(18)21(19)24/h1-11H. The topological polar surface area (TPSA) is 34.1 Å². The molecule has 4 aromatic rings. The summed E-state index contributed by atoms with van der Waals surface area (Å²) in [4.78, 5) is 26.0. The lowest BCUT2D eigenvalue weighted by Gasteiger charge is -2.19. The molecule has 5 rings (SSSR count). The van der Waals surface area contributed by atoms with Gasteiger partial charge in [0.05, 0.1) is 0 Å². The Morgan fingerprint density at radius 3 is 1.48 bits per heavy atom. The van der Waals surface area contributed by atoms with Crippen molar-refractivity contribution in [2.24, 2.45) is 0 Å². The SMILES string of the molecule is O=C1c2cc3ccccc3cc2C(=O)c2cc3cc(F)ccc3cc21. The van der Waals surface area contributed by atoms with Gasteiger partial charge in [0.1, 0.15) is 5.82 Å². The first-order valence-electron chi connectivity index (χ1n) is 7.97. The minimum Gasteiger partial charge on any atom is -0.289 e. The van der Waals surface area contributed by atoms with E-state index in [0.29, 0.717) is 27.6 Å². The molecule has 0 heterocycles. The van der Waals surface area contributed by atoms with Crippen LogP contribution < -0.4 is 0 Å². The number of fused-ring (bicyclic) bond motifs is 4. The quantitative estimate of drug-likeness (QED) is 0.405. The van der Waals surface area contributed by atoms with Crippen molar-refractivity contribution in [2.45, 2.75) is 0 Å². The molecule has 0 spiro atoms. The van der Waals surface area contributed by atoms with Gasteiger partial charge in [-0.05, 0) is 57.9 Å². The number of carbonyl (C=O) groups excluding carboxylic acids is 2. The van der Waals surface area contributed by atoms with E-state index in [1.54, 1.807) is 30.3 Å². The molecule has 0 unspecified atom stereocenters. The van der Waals surface area contributed by atoms with Crippen molar-refractivity contribution in [2.75, 3.05) is 0 Å². The van der Waals surface area contributed by atoms with Crippen molar-refractivity contribution >= 4 is 33.1 Å². The molecular weight excluding hydrogens is 315 g/mol. The van der Waals surface area contributed by atoms with Gasteiger partial charge in [0.25, 0.3) is 0 Å². The fourth-order valence-electron chi connectivity index (χ4n) is 3.55. The molecule has 118 valence electrons. The number of hydrogen-bond acceptors (Lipinski definition) is 2. The van der Waals surface area contributed by atoms with Crippen LogP contribution in [0, 0.1) is 5.82 Å². The maximum atomic E-state index is 13.5. The van der Waals surface area contributed by atoms with Gasteiger partial charge in [-0.25, -0.2) is 4.39 Å². The summed E-state index contributed by atoms with van der Waals surface area (Å²) in [5, 5.41) is 3.20. The zero-order chi connectivity index (χ0) is 17.1. The minimum absolute atomic E-state index is 0.165. The Bertz CT molecular complexity index is 1240. The number of halogens is 1. The van der Waals surface area contributed by atoms with E-state index in [1.165, 1.54) is 12.1 Å². The fourth-order valence-corrected chi connectivity index (χ4v) is 3.55. The van der Waals surface area contributed by atoms with Crippen molar-refractivity contribution in [3.8, 4) is 0 Å². The molecule has 0 bridgehead atoms. The van der Waals surface area contributed by atoms with E-state index in [-0.39, 0.29) is 17.4 Å². The van der Waals surface area contributed by atoms with Gasteiger partial charge in [-0.1, -0.05) is 30.3 Å². The molecule has 0 fully saturated rings. The summed E-state index contributed by atoms with van der Waals surface area (Å²) in [5.41, 5.74) is 1.56. The van der Waals surface area contributed by atoms with E-state index in [1.807, 2.05) is 24.3 Å². The molecule has 0 N–H and O–H groups in total. The molecule has 0 amide bonds. The zero-order valence-electron chi connectivity index (χ0n) is 13.0. The highest BCUT2D eigenvalue weighted by atomic mass is 19.1. The maximum absolute atomic E-state index is 13.5. The number of benzene rings is 4. The Morgan fingerprint density at radius 2 is 0.960 bits per heavy atom. The number of ketones is 2. The molecule has 1 aliphatic rings. The number of rotatable bonds is 0. The van der Waals surface area contributed by atoms with Crippen LogP contribution in [0.25, 0.3) is 21.5 Å². The Kier molecular flexibility index (Phi) is 2.72. The molecule has 25 heavy (non-hydrogen) atoms. The summed E-state index contributed by atoms with van der Waals surface area (Å²) in [6.45, 7) is 0. The van der Waals surface area contributed by atoms with Crippen LogP contribution in [-0.4, -0.2) is 11.6 Å². The molecule has 1 aliphatic carbocycles. The van der Waals surface area contributed by atoms with Gasteiger partial charge in [-0.15, -0.1) is 0 Å². The van der Waals surface area contributed by atoms with Crippen LogP contribution >= 0.6 is 0 Å². The van der Waals surface area contributed by atoms with Crippen LogP contribution in [0.4, 0.5) is 4.39 Å². The van der Waals surface area contributed by atoms with E-state index in [0.717, 1.165) is 16.2 Å². The molecule has 2 nitrogen and oxygen atoms in total. The molecular formula is C22H11FO2. The first-order valence-corrected chi connectivity index (χ1v) is 7.97. The monoisotopic (exact) mass is 326 g/mol. The third-order valence-corrected chi connectivity index (χ3v) is 4.80. The van der Waals surface area contributed by atoms with Crippen LogP contribution in [-0.2, 0) is 0 Å². The second kappa shape index (κ2) is 4.84. The summed E-state index contributed by atoms with van der Waals surface area (Å²) in [6, 6.07) is 18.8. The number of carbonyl (C=O) groups is 2. The summed E-state index contributed by atoms with van der Waals surface area (Å²) in [5.74, 6) is -0.725. The predicted octanol–water partition coefficient (Wildman–Crippen LogP) is 4.91. The van der Waals surface area contributed by atoms with Crippen molar-refractivity contribution in [3.63, 3.8) is 0 Å². The summed E-state index contributed by atoms with van der Waals surface area (Å²) in [7, 11) is 0. The van der Waals surface area contributed by atoms with E-state index in [9.17, 15) is 14.0 Å². The molecule has 3 heteroatoms. The van der Waals surface area contributed by atoms with Gasteiger partial charge in [-0.3, -0.25) is 9.59 Å². The van der Waals surface area contributed by atoms with E-state index >= 15 is 0 Å². The third-order valence-electron chi connectivity index (χ3n) is 4.80. The molecule has 0 radical (unpaired) electrons. The van der Waals surface area contributed by atoms with Crippen molar-refractivity contribution in [1.29, 1.82) is 0 Å². The largest absolute Gasteiger partial charge is 0.289 e. The second-order valence-corrected chi connectivity index (χ2v) is 6.29. The average Bonchev–Trinajstić information content (AvgIpc) is 2.63. The van der Waals surface area contributed by atoms with Gasteiger partial charge in [0, 0.05) is 22.3 Å². The highest BCUT2D eigenvalue weighted by molar-refractivity contribution is 6.30. The minimum atomic E-state index is -0.367. The lowest BCUT2D eigenvalue weighted by Crippen LogP contribution is -2.20. The number of hydrogen-bond donors (Lipinski definition) is 0. The summed E-state index contributed by atoms with van der Waals surface area (Å²) in [6.07, 6.45) is 0. The van der Waals surface area contributed by atoms with Gasteiger partial charge in [-0.2, -0.15) is 0 Å². The first-order chi connectivity index (χ1) is 12.1. The van der Waals surface area contributed by atoms with Crippen molar-refractivity contribution in [1.82, 2.24) is 0 Å². The summed E-state index contributed by atoms with van der Waals surface area (Å²) >= 11 is 0. The smallest absolute Gasteiger partial charge is 0.194 e. The normalized spacial score (nSPS) is 13.2. The third kappa shape index (κ3) is 1.96. The molecule has 0 atom stereocenters. The highest BCUT2D eigenvalue weighted by Gasteiger charge is 2.30. The predicted molar refractivity (Wildman–Crippen MR) is 94.7 cm³/mol. The Morgan fingerprint density at radius 1 is 0.520 bits per heavy atom. The highest BCUT2D eigenvalue weighted by Crippen LogP contribution is 2.33. The average molecular weight is 326 g/mol. The van der Waals surface area contributed by atoms with Crippen molar-refractivity contribution in [3.05, 3.63) is 94.8 Å². The zero-order valence-corrected chi connectivity index (χ0v) is 13.0. The first kappa shape index (κ1) is 14.1. The Labute approximate surface area is 142 Å². The Balaban J connectivity index is 1.83. The Hall–Kier alpha value is -3.33. The van der Waals surface area contributed by atoms with Crippen LogP contribution in [0.3, 0.4) is 0 Å². The second-order valence-electron chi connectivity index (χ2n) is 6.29. The van der Waals surface area contributed by atoms with Crippen LogP contribution in [0.15, 0.2) is 66.7 Å². The maximum Gasteiger partial charge on any atom is 0.194 e. The van der Waals surface area contributed by atoms with Crippen LogP contribution in [0.2, 0.25) is 0 Å². The molecule has 0 aromatic heterocycles. The molecule has 0 aliphatic heterocycles. The van der Waals surface area contributed by atoms with Gasteiger partial charge < -0.3 is 0 Å². The van der Waals surface area contributed by atoms with Gasteiger partial charge in [0.2, 0.25) is 0 Å². The molecule has 4 aromatic carbocycles. The van der Waals surface area contributed by atoms with Crippen LogP contribution in [0.1, 0.15) is 31.8 Å². The van der Waals surface area contributed by atoms with Gasteiger partial charge >= 0.3 is 0 Å². The van der Waals surface area contributed by atoms with Crippen LogP contribution in [0.5, 0.6) is 0 Å². The molecule has 0 saturated heterocycles. The lowest BCUT2D eigenvalue weighted by atomic mass is 9.81. The van der Waals surface area contributed by atoms with E-state index in [4.69, 9.17) is 0 Å².